The van der Waals surface area contributed by atoms with Gasteiger partial charge in [-0.1, -0.05) is 5.16 Å². The monoisotopic (exact) mass is 396 g/mol. The molecule has 0 saturated carbocycles. The first-order valence-corrected chi connectivity index (χ1v) is 8.25. The first-order valence-electron chi connectivity index (χ1n) is 8.25. The standard InChI is InChI=1S/C19H19F3N2O4/c1-11(2)28-15-7-4-12(8-16(15)26-3)9-23-27-10-17(25)24-14-6-5-13(20)18(21)19(14)22/h4-9,11H,10H2,1-3H3,(H,24,25)/b23-9-. The number of oxime groups is 1. The predicted octanol–water partition coefficient (Wildman–Crippen LogP) is 3.89. The van der Waals surface area contributed by atoms with E-state index >= 15 is 0 Å². The number of ether oxygens (including phenoxy) is 2. The third kappa shape index (κ3) is 5.63. The minimum absolute atomic E-state index is 0.0188. The van der Waals surface area contributed by atoms with Gasteiger partial charge in [0.25, 0.3) is 5.91 Å². The molecule has 0 saturated heterocycles. The van der Waals surface area contributed by atoms with Crippen LogP contribution in [0.2, 0.25) is 0 Å². The van der Waals surface area contributed by atoms with Crippen LogP contribution < -0.4 is 14.8 Å². The van der Waals surface area contributed by atoms with Gasteiger partial charge in [-0.15, -0.1) is 0 Å². The zero-order valence-electron chi connectivity index (χ0n) is 15.5. The maximum atomic E-state index is 13.5. The number of nitrogens with one attached hydrogen (secondary N) is 1. The fourth-order valence-electron chi connectivity index (χ4n) is 2.12. The Morgan fingerprint density at radius 1 is 1.14 bits per heavy atom. The number of amides is 1. The molecule has 150 valence electrons. The quantitative estimate of drug-likeness (QED) is 0.418. The summed E-state index contributed by atoms with van der Waals surface area (Å²) in [4.78, 5) is 16.5. The van der Waals surface area contributed by atoms with Gasteiger partial charge in [-0.25, -0.2) is 13.2 Å². The average Bonchev–Trinajstić information content (AvgIpc) is 2.66. The first-order chi connectivity index (χ1) is 13.3. The van der Waals surface area contributed by atoms with Crippen LogP contribution in [-0.2, 0) is 9.63 Å². The summed E-state index contributed by atoms with van der Waals surface area (Å²) in [7, 11) is 1.50. The van der Waals surface area contributed by atoms with Gasteiger partial charge in [0.15, 0.2) is 35.6 Å². The van der Waals surface area contributed by atoms with Crippen LogP contribution in [0.1, 0.15) is 19.4 Å². The van der Waals surface area contributed by atoms with Crippen molar-refractivity contribution in [1.29, 1.82) is 0 Å². The van der Waals surface area contributed by atoms with Crippen molar-refractivity contribution < 1.29 is 32.3 Å². The topological polar surface area (TPSA) is 69.2 Å². The number of benzene rings is 2. The van der Waals surface area contributed by atoms with E-state index in [0.717, 1.165) is 6.07 Å². The molecule has 0 aliphatic heterocycles. The molecule has 2 aromatic rings. The van der Waals surface area contributed by atoms with Gasteiger partial charge >= 0.3 is 0 Å². The molecule has 1 N–H and O–H groups in total. The summed E-state index contributed by atoms with van der Waals surface area (Å²) in [5.74, 6) is -4.23. The Morgan fingerprint density at radius 3 is 2.57 bits per heavy atom. The van der Waals surface area contributed by atoms with Gasteiger partial charge in [-0.2, -0.15) is 0 Å². The second-order valence-electron chi connectivity index (χ2n) is 5.86. The van der Waals surface area contributed by atoms with Crippen LogP contribution in [0.15, 0.2) is 35.5 Å². The Hall–Kier alpha value is -3.23. The van der Waals surface area contributed by atoms with Crippen molar-refractivity contribution in [3.05, 3.63) is 53.3 Å². The maximum Gasteiger partial charge on any atom is 0.265 e. The third-order valence-corrected chi connectivity index (χ3v) is 3.33. The number of anilines is 1. The minimum Gasteiger partial charge on any atom is -0.493 e. The molecule has 0 atom stereocenters. The van der Waals surface area contributed by atoms with E-state index in [4.69, 9.17) is 14.3 Å². The van der Waals surface area contributed by atoms with Gasteiger partial charge in [-0.05, 0) is 44.2 Å². The van der Waals surface area contributed by atoms with Crippen LogP contribution in [0.4, 0.5) is 18.9 Å². The molecule has 0 aliphatic carbocycles. The summed E-state index contributed by atoms with van der Waals surface area (Å²) >= 11 is 0. The van der Waals surface area contributed by atoms with Crippen LogP contribution in [0, 0.1) is 17.5 Å². The molecule has 28 heavy (non-hydrogen) atoms. The van der Waals surface area contributed by atoms with Crippen molar-refractivity contribution >= 4 is 17.8 Å². The van der Waals surface area contributed by atoms with E-state index in [1.54, 1.807) is 18.2 Å². The molecule has 1 amide bonds. The number of nitrogens with zero attached hydrogens (tertiary/aromatic N) is 1. The van der Waals surface area contributed by atoms with Gasteiger partial charge in [0.1, 0.15) is 0 Å². The number of carbonyl (C=O) groups excluding carboxylic acids is 1. The van der Waals surface area contributed by atoms with Crippen molar-refractivity contribution in [3.63, 3.8) is 0 Å². The van der Waals surface area contributed by atoms with Crippen LogP contribution in [0.5, 0.6) is 11.5 Å². The molecular weight excluding hydrogens is 377 g/mol. The highest BCUT2D eigenvalue weighted by Crippen LogP contribution is 2.28. The SMILES string of the molecule is COc1cc(/C=N\OCC(=O)Nc2ccc(F)c(F)c2F)ccc1OC(C)C. The van der Waals surface area contributed by atoms with Crippen molar-refractivity contribution in [2.75, 3.05) is 19.0 Å². The molecule has 0 heterocycles. The molecule has 0 bridgehead atoms. The third-order valence-electron chi connectivity index (χ3n) is 3.33. The van der Waals surface area contributed by atoms with Crippen molar-refractivity contribution in [2.45, 2.75) is 20.0 Å². The highest BCUT2D eigenvalue weighted by molar-refractivity contribution is 5.91. The largest absolute Gasteiger partial charge is 0.493 e. The van der Waals surface area contributed by atoms with Gasteiger partial charge in [0.2, 0.25) is 0 Å². The van der Waals surface area contributed by atoms with Gasteiger partial charge in [0.05, 0.1) is 25.1 Å². The Labute approximate surface area is 159 Å². The Kier molecular flexibility index (Phi) is 7.25. The summed E-state index contributed by atoms with van der Waals surface area (Å²) in [5, 5.41) is 5.70. The second-order valence-corrected chi connectivity index (χ2v) is 5.86. The molecular formula is C19H19F3N2O4. The van der Waals surface area contributed by atoms with Crippen molar-refractivity contribution in [1.82, 2.24) is 0 Å². The summed E-state index contributed by atoms with van der Waals surface area (Å²) in [6.07, 6.45) is 1.32. The van der Waals surface area contributed by atoms with Crippen LogP contribution in [0.25, 0.3) is 0 Å². The molecule has 6 nitrogen and oxygen atoms in total. The smallest absolute Gasteiger partial charge is 0.265 e. The maximum absolute atomic E-state index is 13.5. The molecule has 2 aromatic carbocycles. The predicted molar refractivity (Wildman–Crippen MR) is 97.2 cm³/mol. The summed E-state index contributed by atoms with van der Waals surface area (Å²) in [6, 6.07) is 6.69. The highest BCUT2D eigenvalue weighted by atomic mass is 19.2. The Morgan fingerprint density at radius 2 is 1.89 bits per heavy atom. The lowest BCUT2D eigenvalue weighted by molar-refractivity contribution is -0.120. The molecule has 0 aromatic heterocycles. The number of halogens is 3. The van der Waals surface area contributed by atoms with Gasteiger partial charge in [0, 0.05) is 5.56 Å². The number of hydrogen-bond acceptors (Lipinski definition) is 5. The van der Waals surface area contributed by atoms with Gasteiger partial charge < -0.3 is 19.6 Å². The first kappa shape index (κ1) is 21.1. The van der Waals surface area contributed by atoms with Crippen molar-refractivity contribution in [3.8, 4) is 11.5 Å². The summed E-state index contributed by atoms with van der Waals surface area (Å²) < 4.78 is 50.3. The number of methoxy groups -OCH3 is 1. The Bertz CT molecular complexity index is 872. The molecule has 0 fully saturated rings. The average molecular weight is 396 g/mol. The molecule has 9 heteroatoms. The minimum atomic E-state index is -1.67. The fourth-order valence-corrected chi connectivity index (χ4v) is 2.12. The molecule has 0 unspecified atom stereocenters. The van der Waals surface area contributed by atoms with Crippen LogP contribution >= 0.6 is 0 Å². The number of hydrogen-bond donors (Lipinski definition) is 1. The van der Waals surface area contributed by atoms with E-state index in [1.807, 2.05) is 13.8 Å². The Balaban J connectivity index is 1.91. The number of carbonyl (C=O) groups is 1. The lowest BCUT2D eigenvalue weighted by Gasteiger charge is -2.13. The molecule has 2 rings (SSSR count). The lowest BCUT2D eigenvalue weighted by Crippen LogP contribution is -2.18. The number of rotatable bonds is 8. The molecule has 0 radical (unpaired) electrons. The van der Waals surface area contributed by atoms with Crippen LogP contribution in [0.3, 0.4) is 0 Å². The van der Waals surface area contributed by atoms with E-state index in [1.165, 1.54) is 13.3 Å². The highest BCUT2D eigenvalue weighted by Gasteiger charge is 2.15. The van der Waals surface area contributed by atoms with E-state index in [-0.39, 0.29) is 6.10 Å². The van der Waals surface area contributed by atoms with E-state index in [0.29, 0.717) is 23.1 Å². The summed E-state index contributed by atoms with van der Waals surface area (Å²) in [6.45, 7) is 3.22. The second kappa shape index (κ2) is 9.63. The molecule has 0 aliphatic rings. The van der Waals surface area contributed by atoms with Gasteiger partial charge in [-0.3, -0.25) is 4.79 Å². The fraction of sp³-hybridized carbons (Fsp3) is 0.263. The molecule has 0 spiro atoms. The van der Waals surface area contributed by atoms with E-state index < -0.39 is 35.7 Å². The van der Waals surface area contributed by atoms with E-state index in [9.17, 15) is 18.0 Å². The summed E-state index contributed by atoms with van der Waals surface area (Å²) in [5.41, 5.74) is 0.127. The van der Waals surface area contributed by atoms with Crippen LogP contribution in [-0.4, -0.2) is 31.9 Å². The van der Waals surface area contributed by atoms with Crippen molar-refractivity contribution in [2.24, 2.45) is 5.16 Å². The lowest BCUT2D eigenvalue weighted by atomic mass is 10.2. The normalized spacial score (nSPS) is 11.0. The van der Waals surface area contributed by atoms with E-state index in [2.05, 4.69) is 10.5 Å². The zero-order chi connectivity index (χ0) is 20.7. The zero-order valence-corrected chi connectivity index (χ0v) is 15.5.